The number of aromatic nitrogens is 3. The molecule has 2 aliphatic rings. The molecule has 0 radical (unpaired) electrons. The van der Waals surface area contributed by atoms with Crippen LogP contribution in [-0.4, -0.2) is 53.8 Å². The van der Waals surface area contributed by atoms with Crippen molar-refractivity contribution in [1.29, 1.82) is 0 Å². The summed E-state index contributed by atoms with van der Waals surface area (Å²) in [5, 5.41) is 34.6. The van der Waals surface area contributed by atoms with Gasteiger partial charge in [-0.25, -0.2) is 9.50 Å². The number of rotatable bonds is 1. The van der Waals surface area contributed by atoms with Crippen LogP contribution in [0, 0.1) is 12.3 Å². The molecule has 1 aliphatic carbocycles. The van der Waals surface area contributed by atoms with Crippen LogP contribution < -0.4 is 5.73 Å². The summed E-state index contributed by atoms with van der Waals surface area (Å²) < 4.78 is 7.24. The molecule has 4 rings (SSSR count). The van der Waals surface area contributed by atoms with E-state index in [1.165, 1.54) is 10.8 Å². The van der Waals surface area contributed by atoms with Crippen LogP contribution in [0.15, 0.2) is 18.5 Å². The number of aliphatic hydroxyl groups excluding tert-OH is 3. The van der Waals surface area contributed by atoms with Crippen molar-refractivity contribution in [2.75, 3.05) is 5.73 Å². The lowest BCUT2D eigenvalue weighted by Crippen LogP contribution is -2.41. The first-order chi connectivity index (χ1) is 10.5. The lowest BCUT2D eigenvalue weighted by Gasteiger charge is -2.26. The van der Waals surface area contributed by atoms with Gasteiger partial charge in [0.2, 0.25) is 0 Å². The molecule has 3 heterocycles. The third kappa shape index (κ3) is 1.36. The molecular formula is C14H14N4O4. The van der Waals surface area contributed by atoms with Gasteiger partial charge in [0, 0.05) is 6.42 Å². The maximum atomic E-state index is 10.5. The number of terminal acetylenes is 1. The average Bonchev–Trinajstić information content (AvgIpc) is 2.87. The Balaban J connectivity index is 1.92. The zero-order chi connectivity index (χ0) is 15.7. The van der Waals surface area contributed by atoms with E-state index in [2.05, 4.69) is 16.0 Å². The number of hydrogen-bond acceptors (Lipinski definition) is 7. The monoisotopic (exact) mass is 302 g/mol. The quantitative estimate of drug-likeness (QED) is 0.467. The Kier molecular flexibility index (Phi) is 2.43. The second kappa shape index (κ2) is 3.97. The number of nitrogens with two attached hydrogens (primary N) is 1. The smallest absolute Gasteiger partial charge is 0.199 e. The minimum absolute atomic E-state index is 0.217. The Morgan fingerprint density at radius 1 is 1.36 bits per heavy atom. The summed E-state index contributed by atoms with van der Waals surface area (Å²) in [4.78, 5) is 3.88. The summed E-state index contributed by atoms with van der Waals surface area (Å²) in [6.45, 7) is 0. The molecule has 0 bridgehead atoms. The maximum Gasteiger partial charge on any atom is 0.199 e. The van der Waals surface area contributed by atoms with E-state index in [9.17, 15) is 15.3 Å². The highest BCUT2D eigenvalue weighted by molar-refractivity contribution is 5.66. The van der Waals surface area contributed by atoms with Crippen molar-refractivity contribution >= 4 is 11.3 Å². The van der Waals surface area contributed by atoms with E-state index in [1.54, 1.807) is 12.1 Å². The molecule has 5 N–H and O–H groups in total. The van der Waals surface area contributed by atoms with Crippen molar-refractivity contribution in [3.8, 4) is 12.3 Å². The summed E-state index contributed by atoms with van der Waals surface area (Å²) >= 11 is 0. The fraction of sp³-hybridized carbons (Fsp3) is 0.429. The molecule has 1 saturated carbocycles. The van der Waals surface area contributed by atoms with E-state index in [0.29, 0.717) is 11.2 Å². The fourth-order valence-electron chi connectivity index (χ4n) is 3.21. The first-order valence-corrected chi connectivity index (χ1v) is 6.77. The van der Waals surface area contributed by atoms with Crippen LogP contribution in [-0.2, 0) is 10.3 Å². The van der Waals surface area contributed by atoms with E-state index >= 15 is 0 Å². The standard InChI is InChI=1S/C14H14N4O4/c1-2-13(10(20)11(21)14(22-13)5-9(14)19)8-4-3-7-12(15)16-6-17-18(7)8/h1,3-4,6,9-11,19-21H,5H2,(H2,15,16,17)/t9-,10-,11+,13+,14?/m1/s1. The Labute approximate surface area is 125 Å². The Hall–Kier alpha value is -2.18. The number of fused-ring (bicyclic) bond motifs is 1. The molecule has 1 spiro atoms. The predicted molar refractivity (Wildman–Crippen MR) is 74.4 cm³/mol. The van der Waals surface area contributed by atoms with E-state index in [-0.39, 0.29) is 12.2 Å². The van der Waals surface area contributed by atoms with Crippen molar-refractivity contribution < 1.29 is 20.1 Å². The van der Waals surface area contributed by atoms with Crippen molar-refractivity contribution in [1.82, 2.24) is 14.6 Å². The molecule has 2 fully saturated rings. The zero-order valence-electron chi connectivity index (χ0n) is 11.4. The van der Waals surface area contributed by atoms with Gasteiger partial charge >= 0.3 is 0 Å². The number of anilines is 1. The van der Waals surface area contributed by atoms with Gasteiger partial charge < -0.3 is 25.8 Å². The van der Waals surface area contributed by atoms with Crippen molar-refractivity contribution in [3.63, 3.8) is 0 Å². The van der Waals surface area contributed by atoms with Crippen LogP contribution in [0.4, 0.5) is 5.82 Å². The summed E-state index contributed by atoms with van der Waals surface area (Å²) in [5.41, 5.74) is 3.80. The average molecular weight is 302 g/mol. The molecule has 8 heteroatoms. The molecule has 1 saturated heterocycles. The fourth-order valence-corrected chi connectivity index (χ4v) is 3.21. The van der Waals surface area contributed by atoms with Crippen molar-refractivity contribution in [3.05, 3.63) is 24.2 Å². The number of nitrogens with zero attached hydrogens (tertiary/aromatic N) is 3. The number of ether oxygens (including phenoxy) is 1. The highest BCUT2D eigenvalue weighted by atomic mass is 16.6. The third-order valence-corrected chi connectivity index (χ3v) is 4.56. The summed E-state index contributed by atoms with van der Waals surface area (Å²) in [6, 6.07) is 3.27. The predicted octanol–water partition coefficient (Wildman–Crippen LogP) is -1.60. The largest absolute Gasteiger partial charge is 0.390 e. The minimum atomic E-state index is -1.62. The lowest BCUT2D eigenvalue weighted by molar-refractivity contribution is -0.0745. The Bertz CT molecular complexity index is 815. The highest BCUT2D eigenvalue weighted by Crippen LogP contribution is 2.56. The molecular weight excluding hydrogens is 288 g/mol. The second-order valence-electron chi connectivity index (χ2n) is 5.71. The Morgan fingerprint density at radius 3 is 2.68 bits per heavy atom. The van der Waals surface area contributed by atoms with E-state index in [4.69, 9.17) is 16.9 Å². The molecule has 22 heavy (non-hydrogen) atoms. The SMILES string of the molecule is C#C[C@@]1(c2ccc3c(N)ncnn23)OC2(C[C@H]2O)[C@@H](O)[C@H]1O. The molecule has 5 atom stereocenters. The first-order valence-electron chi connectivity index (χ1n) is 6.77. The molecule has 0 amide bonds. The van der Waals surface area contributed by atoms with Crippen molar-refractivity contribution in [2.45, 2.75) is 35.9 Å². The molecule has 2 aromatic heterocycles. The van der Waals surface area contributed by atoms with Gasteiger partial charge in [0.15, 0.2) is 11.4 Å². The van der Waals surface area contributed by atoms with E-state index in [0.717, 1.165) is 0 Å². The van der Waals surface area contributed by atoms with Gasteiger partial charge in [-0.1, -0.05) is 5.92 Å². The van der Waals surface area contributed by atoms with Crippen LogP contribution in [0.3, 0.4) is 0 Å². The third-order valence-electron chi connectivity index (χ3n) is 4.56. The Morgan fingerprint density at radius 2 is 2.09 bits per heavy atom. The van der Waals surface area contributed by atoms with Crippen LogP contribution >= 0.6 is 0 Å². The number of hydrogen-bond donors (Lipinski definition) is 4. The number of aliphatic hydroxyl groups is 3. The molecule has 8 nitrogen and oxygen atoms in total. The highest BCUT2D eigenvalue weighted by Gasteiger charge is 2.73. The summed E-state index contributed by atoms with van der Waals surface area (Å²) in [5.74, 6) is 2.67. The summed E-state index contributed by atoms with van der Waals surface area (Å²) in [7, 11) is 0. The minimum Gasteiger partial charge on any atom is -0.390 e. The first kappa shape index (κ1) is 13.5. The van der Waals surface area contributed by atoms with Crippen LogP contribution in [0.5, 0.6) is 0 Å². The molecule has 1 aliphatic heterocycles. The van der Waals surface area contributed by atoms with Gasteiger partial charge in [-0.15, -0.1) is 6.42 Å². The van der Waals surface area contributed by atoms with Crippen LogP contribution in [0.1, 0.15) is 12.1 Å². The maximum absolute atomic E-state index is 10.5. The zero-order valence-corrected chi connectivity index (χ0v) is 11.4. The summed E-state index contributed by atoms with van der Waals surface area (Å²) in [6.07, 6.45) is 3.55. The van der Waals surface area contributed by atoms with Crippen molar-refractivity contribution in [2.24, 2.45) is 0 Å². The van der Waals surface area contributed by atoms with Gasteiger partial charge in [0.1, 0.15) is 29.7 Å². The van der Waals surface area contributed by atoms with Gasteiger partial charge in [0.25, 0.3) is 0 Å². The molecule has 2 aromatic rings. The second-order valence-corrected chi connectivity index (χ2v) is 5.71. The van der Waals surface area contributed by atoms with Gasteiger partial charge in [-0.3, -0.25) is 0 Å². The lowest BCUT2D eigenvalue weighted by atomic mass is 9.91. The van der Waals surface area contributed by atoms with Gasteiger partial charge in [-0.05, 0) is 12.1 Å². The van der Waals surface area contributed by atoms with Crippen LogP contribution in [0.2, 0.25) is 0 Å². The van der Waals surface area contributed by atoms with E-state index in [1.807, 2.05) is 0 Å². The van der Waals surface area contributed by atoms with E-state index < -0.39 is 29.5 Å². The number of nitrogen functional groups attached to an aromatic ring is 1. The van der Waals surface area contributed by atoms with Gasteiger partial charge in [-0.2, -0.15) is 5.10 Å². The molecule has 1 unspecified atom stereocenters. The molecule has 0 aromatic carbocycles. The topological polar surface area (TPSA) is 126 Å². The molecule has 114 valence electrons. The normalized spacial score (nSPS) is 40.2. The van der Waals surface area contributed by atoms with Crippen LogP contribution in [0.25, 0.3) is 5.52 Å². The van der Waals surface area contributed by atoms with Gasteiger partial charge in [0.05, 0.1) is 11.8 Å².